The van der Waals surface area contributed by atoms with Crippen LogP contribution < -0.4 is 38.1 Å². The van der Waals surface area contributed by atoms with E-state index in [1.165, 1.54) is 6.20 Å². The summed E-state index contributed by atoms with van der Waals surface area (Å²) >= 11 is 0. The molecule has 1 atom stereocenters. The molecule has 10 N–H and O–H groups in total. The highest BCUT2D eigenvalue weighted by molar-refractivity contribution is 8.24. The number of nitrogen functional groups attached to an aromatic ring is 2. The molecule has 0 radical (unpaired) electrons. The summed E-state index contributed by atoms with van der Waals surface area (Å²) in [6.07, 6.45) is 2.05. The third-order valence-electron chi connectivity index (χ3n) is 5.90. The number of carbonyl (C=O) groups excluding carboxylic acids is 1. The van der Waals surface area contributed by atoms with Crippen molar-refractivity contribution in [1.82, 2.24) is 0 Å². The largest absolute Gasteiger partial charge is 0.454 e. The molecule has 2 aromatic carbocycles. The van der Waals surface area contributed by atoms with Crippen LogP contribution in [0.1, 0.15) is 22.3 Å². The van der Waals surface area contributed by atoms with Gasteiger partial charge in [-0.2, -0.15) is 0 Å². The maximum atomic E-state index is 12.4. The van der Waals surface area contributed by atoms with E-state index in [4.69, 9.17) is 38.1 Å². The minimum Gasteiger partial charge on any atom is -0.454 e. The average Bonchev–Trinajstić information content (AvgIpc) is 3.21. The molecule has 3 aliphatic rings. The lowest BCUT2D eigenvalue weighted by Crippen LogP contribution is -2.28. The van der Waals surface area contributed by atoms with Gasteiger partial charge < -0.3 is 38.1 Å². The second-order valence-electron chi connectivity index (χ2n) is 7.48. The third kappa shape index (κ3) is 2.74. The van der Waals surface area contributed by atoms with Crippen molar-refractivity contribution >= 4 is 43.1 Å². The molecule has 9 heteroatoms. The minimum atomic E-state index is -0.607. The Labute approximate surface area is 181 Å². The molecule has 0 saturated heterocycles. The van der Waals surface area contributed by atoms with Crippen molar-refractivity contribution < 1.29 is 14.3 Å². The third-order valence-corrected chi connectivity index (χ3v) is 8.39. The summed E-state index contributed by atoms with van der Waals surface area (Å²) in [5, 5.41) is 0. The molecule has 8 nitrogen and oxygen atoms in total. The molecule has 5 rings (SSSR count). The van der Waals surface area contributed by atoms with Crippen LogP contribution >= 0.6 is 10.5 Å². The maximum Gasteiger partial charge on any atom is 0.251 e. The van der Waals surface area contributed by atoms with E-state index in [0.29, 0.717) is 29.2 Å². The first kappa shape index (κ1) is 19.5. The number of primary amides is 1. The monoisotopic (exact) mass is 437 g/mol. The number of amides is 1. The van der Waals surface area contributed by atoms with E-state index in [1.807, 2.05) is 18.2 Å². The van der Waals surface area contributed by atoms with Crippen molar-refractivity contribution in [2.45, 2.75) is 6.42 Å². The van der Waals surface area contributed by atoms with Gasteiger partial charge in [0.2, 0.25) is 6.79 Å². The molecule has 1 unspecified atom stereocenters. The zero-order valence-corrected chi connectivity index (χ0v) is 17.6. The second kappa shape index (κ2) is 7.07. The number of benzene rings is 2. The summed E-state index contributed by atoms with van der Waals surface area (Å²) in [5.41, 5.74) is 36.2. The molecule has 31 heavy (non-hydrogen) atoms. The standard InChI is InChI=1S/C22H23N5O3S/c23-7-13-11-1-2-15(25)19(26)18(11)21(14(8-24)22(27)28)31-4-3-10-5-16-17(30-9-29-16)6-12(10)20(13)31/h1-2,5-6,8H,3-4,7,9,23-26H2,(H2,27,28)/b14-8-. The van der Waals surface area contributed by atoms with Crippen LogP contribution in [0.2, 0.25) is 0 Å². The molecule has 0 bridgehead atoms. The number of hydrogen-bond donors (Lipinski definition) is 5. The number of ether oxygens (including phenoxy) is 2. The van der Waals surface area contributed by atoms with Gasteiger partial charge in [0.05, 0.1) is 16.9 Å². The van der Waals surface area contributed by atoms with Gasteiger partial charge in [0.15, 0.2) is 11.5 Å². The summed E-state index contributed by atoms with van der Waals surface area (Å²) in [4.78, 5) is 14.2. The van der Waals surface area contributed by atoms with Crippen LogP contribution in [0.4, 0.5) is 11.4 Å². The van der Waals surface area contributed by atoms with Gasteiger partial charge in [0.1, 0.15) is 0 Å². The van der Waals surface area contributed by atoms with Crippen molar-refractivity contribution in [3.8, 4) is 11.5 Å². The molecule has 1 amide bonds. The minimum absolute atomic E-state index is 0.199. The second-order valence-corrected chi connectivity index (χ2v) is 9.49. The van der Waals surface area contributed by atoms with Gasteiger partial charge in [-0.15, -0.1) is 10.5 Å². The number of carbonyl (C=O) groups is 1. The molecule has 0 saturated carbocycles. The SMILES string of the molecule is N/C=C(\C(N)=O)C1=S2CCc3cc4c(cc3C2=C(CN)c2ccc(N)c(N)c21)OCO4. The van der Waals surface area contributed by atoms with E-state index in [-0.39, 0.29) is 12.4 Å². The van der Waals surface area contributed by atoms with Crippen molar-refractivity contribution in [2.24, 2.45) is 17.2 Å². The number of rotatable bonds is 3. The highest BCUT2D eigenvalue weighted by Crippen LogP contribution is 2.54. The predicted octanol–water partition coefficient (Wildman–Crippen LogP) is 1.09. The number of anilines is 2. The molecule has 0 spiro atoms. The van der Waals surface area contributed by atoms with E-state index in [1.54, 1.807) is 6.07 Å². The predicted molar refractivity (Wildman–Crippen MR) is 125 cm³/mol. The lowest BCUT2D eigenvalue weighted by molar-refractivity contribution is -0.114. The van der Waals surface area contributed by atoms with Crippen LogP contribution in [0.25, 0.3) is 10.5 Å². The molecule has 3 heterocycles. The molecule has 0 aromatic heterocycles. The van der Waals surface area contributed by atoms with Gasteiger partial charge in [-0.1, -0.05) is 6.07 Å². The van der Waals surface area contributed by atoms with Gasteiger partial charge >= 0.3 is 0 Å². The number of hydrogen-bond acceptors (Lipinski definition) is 7. The van der Waals surface area contributed by atoms with Gasteiger partial charge in [-0.3, -0.25) is 4.79 Å². The van der Waals surface area contributed by atoms with E-state index < -0.39 is 16.4 Å². The quantitative estimate of drug-likeness (QED) is 0.272. The van der Waals surface area contributed by atoms with E-state index in [2.05, 4.69) is 0 Å². The summed E-state index contributed by atoms with van der Waals surface area (Å²) < 4.78 is 11.2. The first-order valence-corrected chi connectivity index (χ1v) is 11.2. The molecule has 3 aliphatic heterocycles. The molecule has 0 fully saturated rings. The Balaban J connectivity index is 1.91. The molecular formula is C22H23N5O3S. The Kier molecular flexibility index (Phi) is 4.45. The molecular weight excluding hydrogens is 414 g/mol. The van der Waals surface area contributed by atoms with E-state index in [0.717, 1.165) is 50.0 Å². The maximum absolute atomic E-state index is 12.4. The highest BCUT2D eigenvalue weighted by atomic mass is 32.2. The summed E-state index contributed by atoms with van der Waals surface area (Å²) in [6.45, 7) is 0.499. The van der Waals surface area contributed by atoms with Crippen molar-refractivity contribution in [1.29, 1.82) is 0 Å². The topological polar surface area (TPSA) is 166 Å². The zero-order valence-electron chi connectivity index (χ0n) is 16.7. The van der Waals surface area contributed by atoms with Crippen LogP contribution in [0.15, 0.2) is 36.0 Å². The highest BCUT2D eigenvalue weighted by Gasteiger charge is 2.35. The normalized spacial score (nSPS) is 19.1. The molecule has 160 valence electrons. The van der Waals surface area contributed by atoms with Crippen molar-refractivity contribution in [3.63, 3.8) is 0 Å². The first-order valence-electron chi connectivity index (χ1n) is 9.81. The molecule has 0 aliphatic carbocycles. The van der Waals surface area contributed by atoms with Gasteiger partial charge in [-0.05, 0) is 52.6 Å². The Hall–Kier alpha value is -3.43. The smallest absolute Gasteiger partial charge is 0.251 e. The summed E-state index contributed by atoms with van der Waals surface area (Å²) in [7, 11) is -0.523. The van der Waals surface area contributed by atoms with Crippen molar-refractivity contribution in [2.75, 3.05) is 30.6 Å². The van der Waals surface area contributed by atoms with Gasteiger partial charge in [0, 0.05) is 28.1 Å². The lowest BCUT2D eigenvalue weighted by atomic mass is 9.89. The van der Waals surface area contributed by atoms with Crippen LogP contribution in [-0.4, -0.2) is 29.9 Å². The Morgan fingerprint density at radius 1 is 1.13 bits per heavy atom. The fourth-order valence-electron chi connectivity index (χ4n) is 4.48. The number of nitrogens with two attached hydrogens (primary N) is 5. The van der Waals surface area contributed by atoms with E-state index in [9.17, 15) is 4.79 Å². The number of aryl methyl sites for hydroxylation is 1. The Morgan fingerprint density at radius 2 is 1.87 bits per heavy atom. The lowest BCUT2D eigenvalue weighted by Gasteiger charge is -2.35. The molecule has 2 aromatic rings. The van der Waals surface area contributed by atoms with Crippen LogP contribution in [-0.2, 0) is 11.2 Å². The Morgan fingerprint density at radius 3 is 2.55 bits per heavy atom. The van der Waals surface area contributed by atoms with Gasteiger partial charge in [0.25, 0.3) is 5.91 Å². The fraction of sp³-hybridized carbons (Fsp3) is 0.182. The Bertz CT molecular complexity index is 1260. The fourth-order valence-corrected chi connectivity index (χ4v) is 7.36. The van der Waals surface area contributed by atoms with E-state index >= 15 is 0 Å². The summed E-state index contributed by atoms with van der Waals surface area (Å²) in [5.74, 6) is 1.60. The van der Waals surface area contributed by atoms with Crippen LogP contribution in [0.5, 0.6) is 11.5 Å². The average molecular weight is 438 g/mol. The van der Waals surface area contributed by atoms with Crippen LogP contribution in [0.3, 0.4) is 0 Å². The first-order chi connectivity index (χ1) is 15.0. The number of fused-ring (bicyclic) bond motifs is 5. The van der Waals surface area contributed by atoms with Crippen molar-refractivity contribution in [3.05, 3.63) is 58.3 Å². The van der Waals surface area contributed by atoms with Crippen LogP contribution in [0, 0.1) is 0 Å². The summed E-state index contributed by atoms with van der Waals surface area (Å²) in [6, 6.07) is 7.68. The van der Waals surface area contributed by atoms with Gasteiger partial charge in [-0.25, -0.2) is 0 Å². The zero-order chi connectivity index (χ0) is 21.9.